The molecule has 0 aliphatic carbocycles. The minimum absolute atomic E-state index is 0.279. The molecule has 100 valence electrons. The van der Waals surface area contributed by atoms with Gasteiger partial charge in [0, 0.05) is 12.0 Å². The maximum atomic E-state index is 5.87. The first-order chi connectivity index (χ1) is 8.71. The summed E-state index contributed by atoms with van der Waals surface area (Å²) in [5, 5.41) is 0. The molecule has 0 saturated carbocycles. The number of hydrazine groups is 1. The van der Waals surface area contributed by atoms with Gasteiger partial charge in [-0.15, -0.1) is 0 Å². The Balaban J connectivity index is 2.28. The summed E-state index contributed by atoms with van der Waals surface area (Å²) in [6.45, 7) is 4.99. The van der Waals surface area contributed by atoms with E-state index in [4.69, 9.17) is 10.5 Å². The fourth-order valence-corrected chi connectivity index (χ4v) is 2.66. The summed E-state index contributed by atoms with van der Waals surface area (Å²) in [5.41, 5.74) is 15.0. The van der Waals surface area contributed by atoms with E-state index in [1.807, 2.05) is 6.07 Å². The number of hydrogen-bond acceptors (Lipinski definition) is 4. The van der Waals surface area contributed by atoms with Crippen LogP contribution in [0.4, 0.5) is 0 Å². The number of nitrogens with one attached hydrogen (secondary N) is 2. The second-order valence-corrected chi connectivity index (χ2v) is 4.88. The molecule has 1 heterocycles. The summed E-state index contributed by atoms with van der Waals surface area (Å²) in [5.74, 6) is 1.38. The van der Waals surface area contributed by atoms with E-state index in [1.165, 1.54) is 11.1 Å². The van der Waals surface area contributed by atoms with Crippen molar-refractivity contribution < 1.29 is 4.74 Å². The molecular formula is C14H23N3O. The van der Waals surface area contributed by atoms with Crippen LogP contribution in [0.15, 0.2) is 18.2 Å². The predicted octanol–water partition coefficient (Wildman–Crippen LogP) is 1.37. The van der Waals surface area contributed by atoms with Crippen molar-refractivity contribution in [3.8, 4) is 5.75 Å². The van der Waals surface area contributed by atoms with E-state index in [0.29, 0.717) is 18.5 Å². The van der Waals surface area contributed by atoms with Gasteiger partial charge >= 0.3 is 0 Å². The Morgan fingerprint density at radius 1 is 1.33 bits per heavy atom. The van der Waals surface area contributed by atoms with Gasteiger partial charge in [-0.1, -0.05) is 19.1 Å². The van der Waals surface area contributed by atoms with Crippen LogP contribution in [0, 0.1) is 5.92 Å². The molecule has 1 aliphatic rings. The quantitative estimate of drug-likeness (QED) is 0.754. The van der Waals surface area contributed by atoms with Gasteiger partial charge in [0.25, 0.3) is 0 Å². The van der Waals surface area contributed by atoms with Gasteiger partial charge in [-0.3, -0.25) is 5.43 Å². The number of hydrogen-bond donors (Lipinski definition) is 3. The van der Waals surface area contributed by atoms with Crippen LogP contribution in [0.5, 0.6) is 5.75 Å². The lowest BCUT2D eigenvalue weighted by Crippen LogP contribution is -2.30. The number of methoxy groups -OCH3 is 1. The molecule has 3 unspecified atom stereocenters. The summed E-state index contributed by atoms with van der Waals surface area (Å²) in [4.78, 5) is 0. The number of rotatable bonds is 4. The monoisotopic (exact) mass is 249 g/mol. The van der Waals surface area contributed by atoms with Crippen LogP contribution in [-0.4, -0.2) is 19.7 Å². The molecule has 4 heteroatoms. The van der Waals surface area contributed by atoms with E-state index in [2.05, 4.69) is 36.8 Å². The fourth-order valence-electron chi connectivity index (χ4n) is 2.66. The van der Waals surface area contributed by atoms with E-state index in [-0.39, 0.29) is 6.04 Å². The van der Waals surface area contributed by atoms with Crippen LogP contribution in [0.25, 0.3) is 0 Å². The Hall–Kier alpha value is -1.10. The summed E-state index contributed by atoms with van der Waals surface area (Å²) in [6.07, 6.45) is 0.972. The van der Waals surface area contributed by atoms with Crippen molar-refractivity contribution in [3.63, 3.8) is 0 Å². The van der Waals surface area contributed by atoms with E-state index < -0.39 is 0 Å². The second kappa shape index (κ2) is 5.69. The molecule has 0 spiro atoms. The highest BCUT2D eigenvalue weighted by molar-refractivity contribution is 5.39. The Bertz CT molecular complexity index is 408. The third-order valence-corrected chi connectivity index (χ3v) is 3.85. The molecule has 0 amide bonds. The molecule has 1 saturated heterocycles. The van der Waals surface area contributed by atoms with E-state index >= 15 is 0 Å². The highest BCUT2D eigenvalue weighted by Crippen LogP contribution is 2.31. The minimum atomic E-state index is 0.279. The van der Waals surface area contributed by atoms with Gasteiger partial charge in [0.2, 0.25) is 0 Å². The zero-order valence-corrected chi connectivity index (χ0v) is 11.4. The summed E-state index contributed by atoms with van der Waals surface area (Å²) >= 11 is 0. The molecule has 4 nitrogen and oxygen atoms in total. The molecular weight excluding hydrogens is 226 g/mol. The number of aryl methyl sites for hydroxylation is 1. The van der Waals surface area contributed by atoms with Gasteiger partial charge in [-0.2, -0.15) is 0 Å². The lowest BCUT2D eigenvalue weighted by Gasteiger charge is -2.20. The predicted molar refractivity (Wildman–Crippen MR) is 73.4 cm³/mol. The molecule has 4 N–H and O–H groups in total. The summed E-state index contributed by atoms with van der Waals surface area (Å²) < 4.78 is 5.37. The van der Waals surface area contributed by atoms with Gasteiger partial charge in [0.1, 0.15) is 5.75 Å². The van der Waals surface area contributed by atoms with Crippen LogP contribution >= 0.6 is 0 Å². The lowest BCUT2D eigenvalue weighted by atomic mass is 9.89. The van der Waals surface area contributed by atoms with Crippen molar-refractivity contribution in [1.29, 1.82) is 0 Å². The van der Waals surface area contributed by atoms with Gasteiger partial charge in [0.15, 0.2) is 0 Å². The average Bonchev–Trinajstić information content (AvgIpc) is 2.78. The molecule has 1 aromatic carbocycles. The lowest BCUT2D eigenvalue weighted by molar-refractivity contribution is 0.408. The van der Waals surface area contributed by atoms with Crippen molar-refractivity contribution in [2.75, 3.05) is 13.7 Å². The topological polar surface area (TPSA) is 59.3 Å². The highest BCUT2D eigenvalue weighted by Gasteiger charge is 2.33. The molecule has 1 fully saturated rings. The Morgan fingerprint density at radius 2 is 2.11 bits per heavy atom. The van der Waals surface area contributed by atoms with Crippen LogP contribution < -0.4 is 21.3 Å². The normalized spacial score (nSPS) is 27.4. The third kappa shape index (κ3) is 2.36. The van der Waals surface area contributed by atoms with Crippen molar-refractivity contribution in [1.82, 2.24) is 10.9 Å². The zero-order valence-electron chi connectivity index (χ0n) is 11.4. The highest BCUT2D eigenvalue weighted by atomic mass is 16.5. The van der Waals surface area contributed by atoms with Crippen molar-refractivity contribution >= 4 is 0 Å². The van der Waals surface area contributed by atoms with Gasteiger partial charge < -0.3 is 10.5 Å². The Morgan fingerprint density at radius 3 is 2.72 bits per heavy atom. The minimum Gasteiger partial charge on any atom is -0.496 e. The van der Waals surface area contributed by atoms with Crippen LogP contribution in [-0.2, 0) is 6.42 Å². The zero-order chi connectivity index (χ0) is 13.1. The number of nitrogens with two attached hydrogens (primary N) is 1. The van der Waals surface area contributed by atoms with Gasteiger partial charge in [-0.25, -0.2) is 5.43 Å². The molecule has 0 bridgehead atoms. The number of ether oxygens (including phenoxy) is 1. The van der Waals surface area contributed by atoms with E-state index in [9.17, 15) is 0 Å². The first kappa shape index (κ1) is 13.3. The maximum absolute atomic E-state index is 5.87. The third-order valence-electron chi connectivity index (χ3n) is 3.85. The standard InChI is InChI=1S/C14H23N3O/c1-4-10-7-11(5-6-13(10)18-3)14-12(8-15)9(2)16-17-14/h5-7,9,12,14,16-17H,4,8,15H2,1-3H3. The SMILES string of the molecule is CCc1cc(C2NNC(C)C2CN)ccc1OC. The van der Waals surface area contributed by atoms with Gasteiger partial charge in [-0.05, 0) is 37.1 Å². The largest absolute Gasteiger partial charge is 0.496 e. The number of benzene rings is 1. The summed E-state index contributed by atoms with van der Waals surface area (Å²) in [6, 6.07) is 7.07. The molecule has 1 aromatic rings. The van der Waals surface area contributed by atoms with Crippen LogP contribution in [0.1, 0.15) is 31.0 Å². The molecule has 1 aliphatic heterocycles. The fraction of sp³-hybridized carbons (Fsp3) is 0.571. The van der Waals surface area contributed by atoms with E-state index in [0.717, 1.165) is 12.2 Å². The van der Waals surface area contributed by atoms with Crippen LogP contribution in [0.3, 0.4) is 0 Å². The van der Waals surface area contributed by atoms with Crippen molar-refractivity contribution in [2.24, 2.45) is 11.7 Å². The average molecular weight is 249 g/mol. The smallest absolute Gasteiger partial charge is 0.122 e. The van der Waals surface area contributed by atoms with Crippen molar-refractivity contribution in [2.45, 2.75) is 32.4 Å². The Kier molecular flexibility index (Phi) is 4.22. The molecule has 18 heavy (non-hydrogen) atoms. The Labute approximate surface area is 109 Å². The maximum Gasteiger partial charge on any atom is 0.122 e. The molecule has 3 atom stereocenters. The first-order valence-electron chi connectivity index (χ1n) is 6.59. The molecule has 2 rings (SSSR count). The second-order valence-electron chi connectivity index (χ2n) is 4.88. The van der Waals surface area contributed by atoms with E-state index in [1.54, 1.807) is 7.11 Å². The van der Waals surface area contributed by atoms with Gasteiger partial charge in [0.05, 0.1) is 13.2 Å². The molecule has 0 aromatic heterocycles. The summed E-state index contributed by atoms with van der Waals surface area (Å²) in [7, 11) is 1.72. The van der Waals surface area contributed by atoms with Crippen LogP contribution in [0.2, 0.25) is 0 Å². The molecule has 0 radical (unpaired) electrons. The van der Waals surface area contributed by atoms with Crippen molar-refractivity contribution in [3.05, 3.63) is 29.3 Å². The first-order valence-corrected chi connectivity index (χ1v) is 6.59.